The van der Waals surface area contributed by atoms with Crippen molar-refractivity contribution in [2.45, 2.75) is 36.9 Å². The number of aryl methyl sites for hydroxylation is 1. The van der Waals surface area contributed by atoms with Gasteiger partial charge in [0.1, 0.15) is 0 Å². The average molecular weight is 282 g/mol. The summed E-state index contributed by atoms with van der Waals surface area (Å²) in [7, 11) is -2.05. The fourth-order valence-electron chi connectivity index (χ4n) is 1.97. The Kier molecular flexibility index (Phi) is 4.39. The van der Waals surface area contributed by atoms with E-state index in [9.17, 15) is 8.42 Å². The molecule has 0 amide bonds. The van der Waals surface area contributed by atoms with Crippen molar-refractivity contribution in [1.29, 1.82) is 0 Å². The van der Waals surface area contributed by atoms with Gasteiger partial charge >= 0.3 is 0 Å². The summed E-state index contributed by atoms with van der Waals surface area (Å²) in [5.41, 5.74) is 1.01. The largest absolute Gasteiger partial charge is 0.377 e. The van der Waals surface area contributed by atoms with Crippen molar-refractivity contribution >= 4 is 10.1 Å². The number of rotatable bonds is 4. The summed E-state index contributed by atoms with van der Waals surface area (Å²) in [6, 6.07) is 6.64. The molecule has 0 spiro atoms. The van der Waals surface area contributed by atoms with Crippen molar-refractivity contribution in [3.63, 3.8) is 0 Å². The van der Waals surface area contributed by atoms with E-state index in [0.717, 1.165) is 12.0 Å². The number of ether oxygens (including phenoxy) is 1. The predicted molar refractivity (Wildman–Crippen MR) is 72.4 cm³/mol. The Hall–Kier alpha value is -1.17. The molecule has 104 valence electrons. The van der Waals surface area contributed by atoms with Gasteiger partial charge in [-0.05, 0) is 31.9 Å². The Labute approximate surface area is 114 Å². The molecule has 2 atom stereocenters. The SMILES string of the molecule is COC1C=CC(OS(=O)(=O)c2ccc(C)cc2)CC1. The van der Waals surface area contributed by atoms with Gasteiger partial charge in [-0.25, -0.2) is 0 Å². The fourth-order valence-corrected chi connectivity index (χ4v) is 3.03. The molecular weight excluding hydrogens is 264 g/mol. The summed E-state index contributed by atoms with van der Waals surface area (Å²) in [6.45, 7) is 1.91. The summed E-state index contributed by atoms with van der Waals surface area (Å²) < 4.78 is 34.6. The molecule has 2 unspecified atom stereocenters. The van der Waals surface area contributed by atoms with Crippen molar-refractivity contribution < 1.29 is 17.3 Å². The Balaban J connectivity index is 2.08. The van der Waals surface area contributed by atoms with Crippen molar-refractivity contribution in [2.75, 3.05) is 7.11 Å². The molecule has 0 saturated carbocycles. The molecule has 1 aromatic rings. The second-order valence-corrected chi connectivity index (χ2v) is 6.21. The third kappa shape index (κ3) is 3.65. The predicted octanol–water partition coefficient (Wildman–Crippen LogP) is 2.43. The van der Waals surface area contributed by atoms with Gasteiger partial charge in [0, 0.05) is 7.11 Å². The number of benzene rings is 1. The van der Waals surface area contributed by atoms with E-state index in [1.54, 1.807) is 37.5 Å². The summed E-state index contributed by atoms with van der Waals surface area (Å²) in [4.78, 5) is 0.195. The van der Waals surface area contributed by atoms with Crippen molar-refractivity contribution in [3.8, 4) is 0 Å². The zero-order chi connectivity index (χ0) is 13.9. The molecule has 0 bridgehead atoms. The van der Waals surface area contributed by atoms with Crippen LogP contribution in [0.25, 0.3) is 0 Å². The molecule has 4 nitrogen and oxygen atoms in total. The molecule has 0 heterocycles. The van der Waals surface area contributed by atoms with Gasteiger partial charge in [-0.15, -0.1) is 0 Å². The minimum Gasteiger partial charge on any atom is -0.377 e. The lowest BCUT2D eigenvalue weighted by Gasteiger charge is -2.21. The van der Waals surface area contributed by atoms with Gasteiger partial charge in [0.15, 0.2) is 0 Å². The van der Waals surface area contributed by atoms with E-state index in [2.05, 4.69) is 0 Å². The lowest BCUT2D eigenvalue weighted by atomic mass is 10.0. The first-order valence-corrected chi connectivity index (χ1v) is 7.63. The molecule has 0 aromatic heterocycles. The fraction of sp³-hybridized carbons (Fsp3) is 0.429. The highest BCUT2D eigenvalue weighted by atomic mass is 32.2. The molecule has 0 saturated heterocycles. The molecule has 0 N–H and O–H groups in total. The molecule has 5 heteroatoms. The van der Waals surface area contributed by atoms with Gasteiger partial charge < -0.3 is 4.74 Å². The summed E-state index contributed by atoms with van der Waals surface area (Å²) in [6.07, 6.45) is 4.66. The summed E-state index contributed by atoms with van der Waals surface area (Å²) in [5, 5.41) is 0. The monoisotopic (exact) mass is 282 g/mol. The molecule has 0 radical (unpaired) electrons. The molecule has 2 rings (SSSR count). The third-order valence-electron chi connectivity index (χ3n) is 3.14. The van der Waals surface area contributed by atoms with Gasteiger partial charge in [-0.3, -0.25) is 4.18 Å². The molecule has 19 heavy (non-hydrogen) atoms. The maximum atomic E-state index is 12.1. The van der Waals surface area contributed by atoms with Crippen LogP contribution >= 0.6 is 0 Å². The van der Waals surface area contributed by atoms with Crippen LogP contribution < -0.4 is 0 Å². The van der Waals surface area contributed by atoms with E-state index in [-0.39, 0.29) is 11.0 Å². The van der Waals surface area contributed by atoms with E-state index >= 15 is 0 Å². The van der Waals surface area contributed by atoms with Crippen LogP contribution in [0.15, 0.2) is 41.3 Å². The number of hydrogen-bond acceptors (Lipinski definition) is 4. The maximum absolute atomic E-state index is 12.1. The van der Waals surface area contributed by atoms with E-state index in [4.69, 9.17) is 8.92 Å². The van der Waals surface area contributed by atoms with Crippen LogP contribution in [0.5, 0.6) is 0 Å². The molecule has 1 aromatic carbocycles. The first-order valence-electron chi connectivity index (χ1n) is 6.22. The van der Waals surface area contributed by atoms with Crippen LogP contribution in [0.2, 0.25) is 0 Å². The van der Waals surface area contributed by atoms with Crippen LogP contribution in [0, 0.1) is 6.92 Å². The van der Waals surface area contributed by atoms with Gasteiger partial charge in [0.05, 0.1) is 17.1 Å². The van der Waals surface area contributed by atoms with Gasteiger partial charge in [-0.2, -0.15) is 8.42 Å². The van der Waals surface area contributed by atoms with Gasteiger partial charge in [-0.1, -0.05) is 29.8 Å². The van der Waals surface area contributed by atoms with E-state index in [1.807, 2.05) is 13.0 Å². The highest BCUT2D eigenvalue weighted by molar-refractivity contribution is 7.86. The first-order chi connectivity index (χ1) is 9.01. The van der Waals surface area contributed by atoms with Crippen LogP contribution in [0.1, 0.15) is 18.4 Å². The minimum absolute atomic E-state index is 0.0573. The van der Waals surface area contributed by atoms with Crippen LogP contribution in [0.3, 0.4) is 0 Å². The molecule has 1 aliphatic rings. The third-order valence-corrected chi connectivity index (χ3v) is 4.49. The number of hydrogen-bond donors (Lipinski definition) is 0. The lowest BCUT2D eigenvalue weighted by Crippen LogP contribution is -2.23. The van der Waals surface area contributed by atoms with Crippen molar-refractivity contribution in [1.82, 2.24) is 0 Å². The second-order valence-electron chi connectivity index (χ2n) is 4.64. The topological polar surface area (TPSA) is 52.6 Å². The Bertz CT molecular complexity index is 545. The van der Waals surface area contributed by atoms with E-state index < -0.39 is 16.2 Å². The standard InChI is InChI=1S/C14H18O4S/c1-11-3-9-14(10-4-11)19(15,16)18-13-7-5-12(17-2)6-8-13/h3-5,7,9-10,12-13H,6,8H2,1-2H3. The van der Waals surface area contributed by atoms with Crippen LogP contribution in [-0.2, 0) is 19.0 Å². The quantitative estimate of drug-likeness (QED) is 0.628. The average Bonchev–Trinajstić information content (AvgIpc) is 2.40. The lowest BCUT2D eigenvalue weighted by molar-refractivity contribution is 0.109. The van der Waals surface area contributed by atoms with E-state index in [0.29, 0.717) is 6.42 Å². The first kappa shape index (κ1) is 14.2. The minimum atomic E-state index is -3.69. The molecule has 0 fully saturated rings. The van der Waals surface area contributed by atoms with Gasteiger partial charge in [0.2, 0.25) is 0 Å². The molecule has 0 aliphatic heterocycles. The molecule has 1 aliphatic carbocycles. The zero-order valence-corrected chi connectivity index (χ0v) is 11.9. The van der Waals surface area contributed by atoms with Crippen LogP contribution in [0.4, 0.5) is 0 Å². The Morgan fingerprint density at radius 2 is 1.63 bits per heavy atom. The normalized spacial score (nSPS) is 23.5. The number of methoxy groups -OCH3 is 1. The maximum Gasteiger partial charge on any atom is 0.297 e. The van der Waals surface area contributed by atoms with E-state index in [1.165, 1.54) is 0 Å². The van der Waals surface area contributed by atoms with Crippen molar-refractivity contribution in [3.05, 3.63) is 42.0 Å². The highest BCUT2D eigenvalue weighted by Gasteiger charge is 2.23. The highest BCUT2D eigenvalue weighted by Crippen LogP contribution is 2.21. The second kappa shape index (κ2) is 5.86. The zero-order valence-electron chi connectivity index (χ0n) is 11.1. The smallest absolute Gasteiger partial charge is 0.297 e. The summed E-state index contributed by atoms with van der Waals surface area (Å²) >= 11 is 0. The molecular formula is C14H18O4S. The summed E-state index contributed by atoms with van der Waals surface area (Å²) in [5.74, 6) is 0. The van der Waals surface area contributed by atoms with Gasteiger partial charge in [0.25, 0.3) is 10.1 Å². The Morgan fingerprint density at radius 1 is 1.05 bits per heavy atom. The van der Waals surface area contributed by atoms with Crippen LogP contribution in [-0.4, -0.2) is 27.7 Å². The van der Waals surface area contributed by atoms with Crippen molar-refractivity contribution in [2.24, 2.45) is 0 Å². The Morgan fingerprint density at radius 3 is 2.16 bits per heavy atom.